The molecule has 10 nitrogen and oxygen atoms in total. The maximum Gasteiger partial charge on any atom is 0.341 e. The molecule has 11 heteroatoms. The number of piperidine rings is 1. The lowest BCUT2D eigenvalue weighted by Gasteiger charge is -2.32. The molecule has 2 aromatic heterocycles. The van der Waals surface area contributed by atoms with Gasteiger partial charge in [-0.3, -0.25) is 4.90 Å². The van der Waals surface area contributed by atoms with Gasteiger partial charge in [-0.25, -0.2) is 18.9 Å². The molecule has 4 rings (SSSR count). The summed E-state index contributed by atoms with van der Waals surface area (Å²) in [4.78, 5) is 23.2. The molecule has 1 aliphatic rings. The predicted molar refractivity (Wildman–Crippen MR) is 132 cm³/mol. The molecular formula is C25H30FN7O3. The molecule has 1 aliphatic heterocycles. The van der Waals surface area contributed by atoms with Crippen LogP contribution in [0.5, 0.6) is 5.88 Å². The Kier molecular flexibility index (Phi) is 8.21. The number of hydrogen-bond acceptors (Lipinski definition) is 9. The minimum atomic E-state index is -0.481. The minimum Gasteiger partial charge on any atom is -0.479 e. The van der Waals surface area contributed by atoms with Gasteiger partial charge in [-0.2, -0.15) is 10.1 Å². The van der Waals surface area contributed by atoms with Gasteiger partial charge in [0.1, 0.15) is 17.2 Å². The van der Waals surface area contributed by atoms with E-state index in [-0.39, 0.29) is 23.9 Å². The molecule has 1 saturated heterocycles. The van der Waals surface area contributed by atoms with Crippen molar-refractivity contribution in [3.8, 4) is 11.8 Å². The Balaban J connectivity index is 1.39. The van der Waals surface area contributed by atoms with Crippen molar-refractivity contribution < 1.29 is 18.7 Å². The van der Waals surface area contributed by atoms with Crippen molar-refractivity contribution >= 4 is 17.9 Å². The molecule has 3 aromatic rings. The Morgan fingerprint density at radius 1 is 1.25 bits per heavy atom. The number of benzene rings is 1. The highest BCUT2D eigenvalue weighted by atomic mass is 19.1. The van der Waals surface area contributed by atoms with E-state index in [1.807, 2.05) is 12.1 Å². The van der Waals surface area contributed by atoms with Crippen LogP contribution in [0.3, 0.4) is 0 Å². The van der Waals surface area contributed by atoms with Gasteiger partial charge in [0.15, 0.2) is 0 Å². The fraction of sp³-hybridized carbons (Fsp3) is 0.400. The van der Waals surface area contributed by atoms with E-state index in [1.165, 1.54) is 36.3 Å². The van der Waals surface area contributed by atoms with Gasteiger partial charge in [0.2, 0.25) is 5.88 Å². The van der Waals surface area contributed by atoms with Gasteiger partial charge in [-0.15, -0.1) is 0 Å². The first-order valence-corrected chi connectivity index (χ1v) is 11.9. The second kappa shape index (κ2) is 11.7. The minimum absolute atomic E-state index is 0.181. The van der Waals surface area contributed by atoms with Crippen LogP contribution >= 0.6 is 0 Å². The summed E-state index contributed by atoms with van der Waals surface area (Å²) in [6, 6.07) is 6.66. The van der Waals surface area contributed by atoms with Crippen molar-refractivity contribution in [3.05, 3.63) is 59.3 Å². The van der Waals surface area contributed by atoms with Crippen LogP contribution in [0.4, 0.5) is 10.1 Å². The highest BCUT2D eigenvalue weighted by molar-refractivity contribution is 5.89. The number of esters is 1. The maximum atomic E-state index is 13.1. The molecule has 0 bridgehead atoms. The summed E-state index contributed by atoms with van der Waals surface area (Å²) in [5, 5.41) is 15.4. The van der Waals surface area contributed by atoms with E-state index < -0.39 is 5.97 Å². The number of halogens is 1. The molecule has 0 unspecified atom stereocenters. The van der Waals surface area contributed by atoms with E-state index in [2.05, 4.69) is 25.3 Å². The number of ether oxygens (including phenoxy) is 2. The lowest BCUT2D eigenvalue weighted by atomic mass is 9.96. The van der Waals surface area contributed by atoms with Crippen LogP contribution in [0.25, 0.3) is 5.95 Å². The van der Waals surface area contributed by atoms with E-state index in [9.17, 15) is 9.18 Å². The number of carbonyl (C=O) groups excluding carboxylic acids is 1. The summed E-state index contributed by atoms with van der Waals surface area (Å²) >= 11 is 0. The van der Waals surface area contributed by atoms with Crippen molar-refractivity contribution in [2.75, 3.05) is 38.7 Å². The first kappa shape index (κ1) is 25.2. The normalized spacial score (nSPS) is 14.4. The molecule has 3 heterocycles. The van der Waals surface area contributed by atoms with Crippen LogP contribution in [-0.2, 0) is 11.3 Å². The maximum absolute atomic E-state index is 13.1. The molecule has 2 N–H and O–H groups in total. The number of nitrogens with zero attached hydrogens (tertiary/aromatic N) is 5. The van der Waals surface area contributed by atoms with Crippen LogP contribution < -0.4 is 10.1 Å². The fourth-order valence-corrected chi connectivity index (χ4v) is 4.16. The molecule has 0 aliphatic carbocycles. The number of likely N-dealkylation sites (tertiary alicyclic amines) is 1. The summed E-state index contributed by atoms with van der Waals surface area (Å²) in [6.07, 6.45) is 6.02. The van der Waals surface area contributed by atoms with Gasteiger partial charge in [0.05, 0.1) is 25.5 Å². The monoisotopic (exact) mass is 495 g/mol. The van der Waals surface area contributed by atoms with E-state index in [0.717, 1.165) is 44.3 Å². The lowest BCUT2D eigenvalue weighted by molar-refractivity contribution is 0.0526. The van der Waals surface area contributed by atoms with Crippen molar-refractivity contribution in [1.29, 1.82) is 5.41 Å². The lowest BCUT2D eigenvalue weighted by Crippen LogP contribution is -2.35. The van der Waals surface area contributed by atoms with Gasteiger partial charge in [0, 0.05) is 25.5 Å². The highest BCUT2D eigenvalue weighted by Crippen LogP contribution is 2.27. The molecule has 0 radical (unpaired) electrons. The van der Waals surface area contributed by atoms with Crippen LogP contribution in [0.1, 0.15) is 41.4 Å². The number of aromatic nitrogens is 4. The number of rotatable bonds is 10. The van der Waals surface area contributed by atoms with E-state index >= 15 is 0 Å². The van der Waals surface area contributed by atoms with Crippen LogP contribution in [0.2, 0.25) is 0 Å². The van der Waals surface area contributed by atoms with Crippen molar-refractivity contribution in [2.45, 2.75) is 26.3 Å². The van der Waals surface area contributed by atoms with E-state index in [1.54, 1.807) is 6.92 Å². The van der Waals surface area contributed by atoms with Crippen molar-refractivity contribution in [3.63, 3.8) is 0 Å². The SMILES string of the molecule is CCOC(=O)c1cnn(-c2nc(C=N)c(NCC3CCN(Cc4ccc(F)cc4)CC3)c(OC)n2)c1. The van der Waals surface area contributed by atoms with Crippen molar-refractivity contribution in [2.24, 2.45) is 5.92 Å². The zero-order valence-electron chi connectivity index (χ0n) is 20.4. The Labute approximate surface area is 209 Å². The Morgan fingerprint density at radius 3 is 2.67 bits per heavy atom. The summed E-state index contributed by atoms with van der Waals surface area (Å²) < 4.78 is 25.0. The standard InChI is InChI=1S/C25H30FN7O3/c1-3-36-24(34)19-14-29-33(16-19)25-30-21(12-27)22(23(31-25)35-2)28-13-17-8-10-32(11-9-17)15-18-4-6-20(26)7-5-18/h4-7,12,14,16-17,27-28H,3,8-11,13,15H2,1-2H3. The summed E-state index contributed by atoms with van der Waals surface area (Å²) in [6.45, 7) is 5.41. The molecule has 0 amide bonds. The Hall–Kier alpha value is -3.86. The first-order chi connectivity index (χ1) is 17.5. The topological polar surface area (TPSA) is 118 Å². The summed E-state index contributed by atoms with van der Waals surface area (Å²) in [7, 11) is 1.51. The molecule has 1 fully saturated rings. The van der Waals surface area contributed by atoms with Crippen LogP contribution in [0.15, 0.2) is 36.7 Å². The third kappa shape index (κ3) is 6.03. The molecule has 0 saturated carbocycles. The van der Waals surface area contributed by atoms with Crippen LogP contribution in [0, 0.1) is 17.1 Å². The summed E-state index contributed by atoms with van der Waals surface area (Å²) in [5.41, 5.74) is 2.29. The number of anilines is 1. The Morgan fingerprint density at radius 2 is 2.00 bits per heavy atom. The largest absolute Gasteiger partial charge is 0.479 e. The first-order valence-electron chi connectivity index (χ1n) is 11.9. The number of nitrogens with one attached hydrogen (secondary N) is 2. The van der Waals surface area contributed by atoms with Crippen LogP contribution in [-0.4, -0.2) is 70.2 Å². The van der Waals surface area contributed by atoms with Gasteiger partial charge in [-0.05, 0) is 56.5 Å². The molecule has 1 aromatic carbocycles. The van der Waals surface area contributed by atoms with E-state index in [4.69, 9.17) is 14.9 Å². The molecule has 190 valence electrons. The van der Waals surface area contributed by atoms with Crippen molar-refractivity contribution in [1.82, 2.24) is 24.6 Å². The smallest absolute Gasteiger partial charge is 0.341 e. The fourth-order valence-electron chi connectivity index (χ4n) is 4.16. The quantitative estimate of drug-likeness (QED) is 0.325. The summed E-state index contributed by atoms with van der Waals surface area (Å²) in [5.74, 6) is 0.216. The van der Waals surface area contributed by atoms with Gasteiger partial charge in [-0.1, -0.05) is 12.1 Å². The Bertz CT molecular complexity index is 1190. The zero-order chi connectivity index (χ0) is 25.5. The third-order valence-corrected chi connectivity index (χ3v) is 6.11. The number of methoxy groups -OCH3 is 1. The van der Waals surface area contributed by atoms with Gasteiger partial charge in [0.25, 0.3) is 5.95 Å². The van der Waals surface area contributed by atoms with Gasteiger partial charge < -0.3 is 20.2 Å². The highest BCUT2D eigenvalue weighted by Gasteiger charge is 2.22. The van der Waals surface area contributed by atoms with E-state index in [0.29, 0.717) is 29.7 Å². The average molecular weight is 496 g/mol. The van der Waals surface area contributed by atoms with Gasteiger partial charge >= 0.3 is 5.97 Å². The molecule has 0 spiro atoms. The molecule has 36 heavy (non-hydrogen) atoms. The average Bonchev–Trinajstić information content (AvgIpc) is 3.40. The molecular weight excluding hydrogens is 465 g/mol. The zero-order valence-corrected chi connectivity index (χ0v) is 20.4. The predicted octanol–water partition coefficient (Wildman–Crippen LogP) is 3.31. The number of carbonyl (C=O) groups is 1. The third-order valence-electron chi connectivity index (χ3n) is 6.11. The number of hydrogen-bond donors (Lipinski definition) is 2. The second-order valence-corrected chi connectivity index (χ2v) is 8.56. The molecule has 0 atom stereocenters. The second-order valence-electron chi connectivity index (χ2n) is 8.56.